The Morgan fingerprint density at radius 3 is 2.40 bits per heavy atom. The molecule has 1 fully saturated rings. The highest BCUT2D eigenvalue weighted by Crippen LogP contribution is 2.37. The minimum Gasteiger partial charge on any atom is -0.381 e. The van der Waals surface area contributed by atoms with Gasteiger partial charge in [0.05, 0.1) is 5.41 Å². The normalized spacial score (nSPS) is 15.5. The van der Waals surface area contributed by atoms with Crippen LogP contribution in [0.5, 0.6) is 0 Å². The molecule has 2 aromatic carbocycles. The van der Waals surface area contributed by atoms with E-state index in [4.69, 9.17) is 4.74 Å². The Hall–Kier alpha value is -2.98. The van der Waals surface area contributed by atoms with Crippen molar-refractivity contribution in [3.8, 4) is 11.1 Å². The molecule has 4 heteroatoms. The van der Waals surface area contributed by atoms with Crippen LogP contribution in [0.2, 0.25) is 0 Å². The molecule has 1 saturated heterocycles. The van der Waals surface area contributed by atoms with Crippen LogP contribution in [0.15, 0.2) is 79.1 Å². The molecule has 1 aliphatic rings. The topological polar surface area (TPSA) is 51.2 Å². The molecule has 3 aromatic rings. The predicted molar refractivity (Wildman–Crippen MR) is 119 cm³/mol. The number of ether oxygens (including phenoxy) is 1. The minimum absolute atomic E-state index is 0.145. The zero-order valence-corrected chi connectivity index (χ0v) is 17.2. The number of benzene rings is 2. The highest BCUT2D eigenvalue weighted by Gasteiger charge is 2.40. The predicted octanol–water partition coefficient (Wildman–Crippen LogP) is 4.45. The largest absolute Gasteiger partial charge is 0.381 e. The van der Waals surface area contributed by atoms with Crippen molar-refractivity contribution in [2.75, 3.05) is 19.8 Å². The molecule has 1 N–H and O–H groups in total. The van der Waals surface area contributed by atoms with E-state index in [1.807, 2.05) is 42.7 Å². The summed E-state index contributed by atoms with van der Waals surface area (Å²) in [4.78, 5) is 17.5. The summed E-state index contributed by atoms with van der Waals surface area (Å²) in [6.07, 6.45) is 6.67. The summed E-state index contributed by atoms with van der Waals surface area (Å²) >= 11 is 0. The van der Waals surface area contributed by atoms with Crippen molar-refractivity contribution in [3.63, 3.8) is 0 Å². The highest BCUT2D eigenvalue weighted by molar-refractivity contribution is 5.83. The molecule has 0 bridgehead atoms. The van der Waals surface area contributed by atoms with Gasteiger partial charge in [-0.2, -0.15) is 0 Å². The molecule has 0 atom stereocenters. The lowest BCUT2D eigenvalue weighted by atomic mass is 9.73. The van der Waals surface area contributed by atoms with Gasteiger partial charge < -0.3 is 10.1 Å². The number of carbonyl (C=O) groups is 1. The lowest BCUT2D eigenvalue weighted by Crippen LogP contribution is -2.46. The van der Waals surface area contributed by atoms with Crippen molar-refractivity contribution in [2.45, 2.75) is 25.7 Å². The fourth-order valence-corrected chi connectivity index (χ4v) is 4.25. The number of pyridine rings is 1. The molecule has 0 unspecified atom stereocenters. The van der Waals surface area contributed by atoms with E-state index in [1.165, 1.54) is 16.7 Å². The first-order valence-electron chi connectivity index (χ1n) is 10.7. The van der Waals surface area contributed by atoms with Crippen LogP contribution in [0.4, 0.5) is 0 Å². The molecule has 154 valence electrons. The Morgan fingerprint density at radius 2 is 1.63 bits per heavy atom. The highest BCUT2D eigenvalue weighted by atomic mass is 16.5. The zero-order chi connectivity index (χ0) is 20.7. The smallest absolute Gasteiger partial charge is 0.226 e. The summed E-state index contributed by atoms with van der Waals surface area (Å²) in [5, 5.41) is 3.22. The SMILES string of the molecule is O=C(NCCc1ccccc1)C1(Cc2ccccc2-c2ccncc2)CCOCC1. The molecule has 0 radical (unpaired) electrons. The second-order valence-electron chi connectivity index (χ2n) is 7.95. The Balaban J connectivity index is 1.52. The van der Waals surface area contributed by atoms with Crippen molar-refractivity contribution >= 4 is 5.91 Å². The van der Waals surface area contributed by atoms with Crippen LogP contribution in [0.25, 0.3) is 11.1 Å². The average molecular weight is 401 g/mol. The minimum atomic E-state index is -0.432. The number of aromatic nitrogens is 1. The monoisotopic (exact) mass is 400 g/mol. The molecule has 0 aliphatic carbocycles. The third-order valence-corrected chi connectivity index (χ3v) is 6.01. The lowest BCUT2D eigenvalue weighted by Gasteiger charge is -2.36. The summed E-state index contributed by atoms with van der Waals surface area (Å²) in [6.45, 7) is 1.91. The van der Waals surface area contributed by atoms with Crippen molar-refractivity contribution < 1.29 is 9.53 Å². The van der Waals surface area contributed by atoms with Gasteiger partial charge >= 0.3 is 0 Å². The Bertz CT molecular complexity index is 951. The van der Waals surface area contributed by atoms with Crippen LogP contribution in [0.1, 0.15) is 24.0 Å². The van der Waals surface area contributed by atoms with E-state index < -0.39 is 5.41 Å². The van der Waals surface area contributed by atoms with Gasteiger partial charge in [0, 0.05) is 32.2 Å². The number of hydrogen-bond donors (Lipinski definition) is 1. The molecule has 1 aliphatic heterocycles. The number of hydrogen-bond acceptors (Lipinski definition) is 3. The molecule has 1 aromatic heterocycles. The summed E-state index contributed by atoms with van der Waals surface area (Å²) in [5.41, 5.74) is 4.30. The van der Waals surface area contributed by atoms with Gasteiger partial charge in [-0.1, -0.05) is 54.6 Å². The summed E-state index contributed by atoms with van der Waals surface area (Å²) in [5.74, 6) is 0.145. The Labute approximate surface area is 178 Å². The number of amides is 1. The van der Waals surface area contributed by atoms with E-state index in [9.17, 15) is 4.79 Å². The Kier molecular flexibility index (Phi) is 6.55. The van der Waals surface area contributed by atoms with Crippen LogP contribution in [-0.2, 0) is 22.4 Å². The number of carbonyl (C=O) groups excluding carboxylic acids is 1. The van der Waals surface area contributed by atoms with Gasteiger partial charge in [0.2, 0.25) is 5.91 Å². The third kappa shape index (κ3) is 4.77. The molecule has 1 amide bonds. The fourth-order valence-electron chi connectivity index (χ4n) is 4.25. The summed E-state index contributed by atoms with van der Waals surface area (Å²) in [7, 11) is 0. The van der Waals surface area contributed by atoms with Crippen LogP contribution >= 0.6 is 0 Å². The van der Waals surface area contributed by atoms with Crippen LogP contribution < -0.4 is 5.32 Å². The standard InChI is InChI=1S/C26H28N2O2/c29-25(28-17-10-21-6-2-1-3-7-21)26(13-18-30-19-14-26)20-23-8-4-5-9-24(23)22-11-15-27-16-12-22/h1-9,11-12,15-16H,10,13-14,17-20H2,(H,28,29). The lowest BCUT2D eigenvalue weighted by molar-refractivity contribution is -0.136. The first-order chi connectivity index (χ1) is 14.8. The quantitative estimate of drug-likeness (QED) is 0.638. The van der Waals surface area contributed by atoms with E-state index in [0.29, 0.717) is 26.2 Å². The summed E-state index contributed by atoms with van der Waals surface area (Å²) in [6, 6.07) is 22.7. The third-order valence-electron chi connectivity index (χ3n) is 6.01. The summed E-state index contributed by atoms with van der Waals surface area (Å²) < 4.78 is 5.61. The van der Waals surface area contributed by atoms with Gasteiger partial charge in [-0.3, -0.25) is 9.78 Å². The van der Waals surface area contributed by atoms with Crippen molar-refractivity contribution in [2.24, 2.45) is 5.41 Å². The second kappa shape index (κ2) is 9.68. The van der Waals surface area contributed by atoms with Crippen LogP contribution in [0.3, 0.4) is 0 Å². The van der Waals surface area contributed by atoms with E-state index in [2.05, 4.69) is 46.7 Å². The maximum atomic E-state index is 13.4. The van der Waals surface area contributed by atoms with Gasteiger partial charge in [-0.15, -0.1) is 0 Å². The molecule has 4 nitrogen and oxygen atoms in total. The van der Waals surface area contributed by atoms with Crippen LogP contribution in [-0.4, -0.2) is 30.6 Å². The number of nitrogens with one attached hydrogen (secondary N) is 1. The van der Waals surface area contributed by atoms with E-state index >= 15 is 0 Å². The van der Waals surface area contributed by atoms with E-state index in [-0.39, 0.29) is 5.91 Å². The molecule has 2 heterocycles. The number of nitrogens with zero attached hydrogens (tertiary/aromatic N) is 1. The maximum absolute atomic E-state index is 13.4. The zero-order valence-electron chi connectivity index (χ0n) is 17.2. The first kappa shape index (κ1) is 20.3. The van der Waals surface area contributed by atoms with Gasteiger partial charge in [-0.25, -0.2) is 0 Å². The molecule has 30 heavy (non-hydrogen) atoms. The van der Waals surface area contributed by atoms with Crippen molar-refractivity contribution in [1.82, 2.24) is 10.3 Å². The molecular formula is C26H28N2O2. The van der Waals surface area contributed by atoms with E-state index in [0.717, 1.165) is 24.8 Å². The van der Waals surface area contributed by atoms with Crippen LogP contribution in [0, 0.1) is 5.41 Å². The van der Waals surface area contributed by atoms with E-state index in [1.54, 1.807) is 0 Å². The van der Waals surface area contributed by atoms with Gasteiger partial charge in [-0.05, 0) is 60.1 Å². The average Bonchev–Trinajstić information content (AvgIpc) is 2.81. The van der Waals surface area contributed by atoms with Crippen molar-refractivity contribution in [1.29, 1.82) is 0 Å². The second-order valence-corrected chi connectivity index (χ2v) is 7.95. The first-order valence-corrected chi connectivity index (χ1v) is 10.7. The number of rotatable bonds is 7. The van der Waals surface area contributed by atoms with Gasteiger partial charge in [0.15, 0.2) is 0 Å². The molecule has 0 spiro atoms. The van der Waals surface area contributed by atoms with Gasteiger partial charge in [0.1, 0.15) is 0 Å². The molecular weight excluding hydrogens is 372 g/mol. The molecule has 4 rings (SSSR count). The fraction of sp³-hybridized carbons (Fsp3) is 0.308. The van der Waals surface area contributed by atoms with Gasteiger partial charge in [0.25, 0.3) is 0 Å². The maximum Gasteiger partial charge on any atom is 0.226 e. The molecule has 0 saturated carbocycles. The van der Waals surface area contributed by atoms with Crippen molar-refractivity contribution in [3.05, 3.63) is 90.3 Å². The Morgan fingerprint density at radius 1 is 0.933 bits per heavy atom.